The minimum atomic E-state index is -5.91. The minimum absolute atomic E-state index is 0.253. The molecule has 0 aromatic rings. The van der Waals surface area contributed by atoms with Crippen molar-refractivity contribution >= 4 is 17.5 Å². The zero-order chi connectivity index (χ0) is 11.6. The van der Waals surface area contributed by atoms with Gasteiger partial charge in [-0.15, -0.1) is 0 Å². The van der Waals surface area contributed by atoms with Crippen LogP contribution in [0.3, 0.4) is 0 Å². The van der Waals surface area contributed by atoms with Gasteiger partial charge in [-0.2, -0.15) is 22.0 Å². The number of carbonyl (C=O) groups excluding carboxylic acids is 1. The molecule has 0 bridgehead atoms. The second kappa shape index (κ2) is 4.12. The van der Waals surface area contributed by atoms with Crippen molar-refractivity contribution in [2.75, 3.05) is 6.54 Å². The first-order valence-electron chi connectivity index (χ1n) is 3.15. The smallest absolute Gasteiger partial charge is 0.346 e. The van der Waals surface area contributed by atoms with Crippen LogP contribution < -0.4 is 5.32 Å². The largest absolute Gasteiger partial charge is 0.463 e. The van der Waals surface area contributed by atoms with Gasteiger partial charge in [-0.3, -0.25) is 4.79 Å². The molecule has 2 nitrogen and oxygen atoms in total. The van der Waals surface area contributed by atoms with Crippen molar-refractivity contribution in [1.82, 2.24) is 5.32 Å². The van der Waals surface area contributed by atoms with E-state index in [1.807, 2.05) is 0 Å². The first-order chi connectivity index (χ1) is 6.09. The van der Waals surface area contributed by atoms with Crippen molar-refractivity contribution < 1.29 is 26.7 Å². The van der Waals surface area contributed by atoms with Crippen LogP contribution in [0, 0.1) is 0 Å². The van der Waals surface area contributed by atoms with Gasteiger partial charge in [0.1, 0.15) is 0 Å². The lowest BCUT2D eigenvalue weighted by molar-refractivity contribution is -0.269. The van der Waals surface area contributed by atoms with Gasteiger partial charge in [-0.1, -0.05) is 18.2 Å². The van der Waals surface area contributed by atoms with Gasteiger partial charge in [-0.25, -0.2) is 0 Å². The second-order valence-electron chi connectivity index (χ2n) is 2.27. The zero-order valence-corrected chi connectivity index (χ0v) is 7.35. The standard InChI is InChI=1S/C6H5ClF5NO/c1-3(7)2-13-4(14)5(8,9)6(10,11)12/h1-2H2,(H,13,14). The summed E-state index contributed by atoms with van der Waals surface area (Å²) in [5.41, 5.74) is 0. The lowest BCUT2D eigenvalue weighted by Gasteiger charge is -2.18. The van der Waals surface area contributed by atoms with Crippen LogP contribution in [0.4, 0.5) is 22.0 Å². The summed E-state index contributed by atoms with van der Waals surface area (Å²) < 4.78 is 59.0. The maximum atomic E-state index is 12.2. The summed E-state index contributed by atoms with van der Waals surface area (Å²) in [6.07, 6.45) is -5.91. The lowest BCUT2D eigenvalue weighted by atomic mass is 10.3. The third-order valence-electron chi connectivity index (χ3n) is 1.08. The Morgan fingerprint density at radius 3 is 2.00 bits per heavy atom. The van der Waals surface area contributed by atoms with Gasteiger partial charge in [0.2, 0.25) is 0 Å². The molecule has 0 aliphatic carbocycles. The Kier molecular flexibility index (Phi) is 3.87. The van der Waals surface area contributed by atoms with E-state index in [2.05, 4.69) is 6.58 Å². The zero-order valence-electron chi connectivity index (χ0n) is 6.59. The highest BCUT2D eigenvalue weighted by atomic mass is 35.5. The molecule has 0 atom stereocenters. The van der Waals surface area contributed by atoms with E-state index in [1.54, 1.807) is 0 Å². The van der Waals surface area contributed by atoms with E-state index < -0.39 is 24.6 Å². The summed E-state index contributed by atoms with van der Waals surface area (Å²) >= 11 is 5.05. The predicted octanol–water partition coefficient (Wildman–Crippen LogP) is 2.05. The first-order valence-corrected chi connectivity index (χ1v) is 3.53. The van der Waals surface area contributed by atoms with Crippen LogP contribution in [0.5, 0.6) is 0 Å². The molecule has 0 aromatic heterocycles. The van der Waals surface area contributed by atoms with Crippen molar-refractivity contribution in [2.45, 2.75) is 12.1 Å². The van der Waals surface area contributed by atoms with E-state index in [-0.39, 0.29) is 5.03 Å². The molecule has 1 amide bonds. The van der Waals surface area contributed by atoms with Crippen molar-refractivity contribution in [2.24, 2.45) is 0 Å². The van der Waals surface area contributed by atoms with Gasteiger partial charge in [0, 0.05) is 5.03 Å². The highest BCUT2D eigenvalue weighted by Gasteiger charge is 2.63. The summed E-state index contributed by atoms with van der Waals surface area (Å²) in [7, 11) is 0. The lowest BCUT2D eigenvalue weighted by Crippen LogP contribution is -2.50. The van der Waals surface area contributed by atoms with Crippen LogP contribution >= 0.6 is 11.6 Å². The Morgan fingerprint density at radius 2 is 1.71 bits per heavy atom. The summed E-state index contributed by atoms with van der Waals surface area (Å²) in [4.78, 5) is 10.3. The number of hydrogen-bond donors (Lipinski definition) is 1. The van der Waals surface area contributed by atoms with Crippen molar-refractivity contribution in [3.8, 4) is 0 Å². The van der Waals surface area contributed by atoms with Gasteiger partial charge in [0.15, 0.2) is 0 Å². The predicted molar refractivity (Wildman–Crippen MR) is 39.0 cm³/mol. The maximum Gasteiger partial charge on any atom is 0.463 e. The molecular weight excluding hydrogens is 233 g/mol. The number of nitrogens with one attached hydrogen (secondary N) is 1. The molecule has 8 heteroatoms. The van der Waals surface area contributed by atoms with E-state index >= 15 is 0 Å². The number of halogens is 6. The number of rotatable bonds is 3. The first kappa shape index (κ1) is 13.2. The summed E-state index contributed by atoms with van der Waals surface area (Å²) in [6.45, 7) is 2.35. The molecule has 14 heavy (non-hydrogen) atoms. The van der Waals surface area contributed by atoms with E-state index in [4.69, 9.17) is 11.6 Å². The average Bonchev–Trinajstić information content (AvgIpc) is 1.97. The van der Waals surface area contributed by atoms with Crippen LogP contribution in [0.15, 0.2) is 11.6 Å². The van der Waals surface area contributed by atoms with Crippen LogP contribution in [-0.2, 0) is 4.79 Å². The molecule has 0 saturated carbocycles. The van der Waals surface area contributed by atoms with Crippen LogP contribution in [-0.4, -0.2) is 24.6 Å². The molecule has 0 radical (unpaired) electrons. The molecule has 0 aliphatic heterocycles. The van der Waals surface area contributed by atoms with Crippen molar-refractivity contribution in [3.05, 3.63) is 11.6 Å². The Labute approximate surface area is 80.7 Å². The van der Waals surface area contributed by atoms with E-state index in [0.29, 0.717) is 0 Å². The monoisotopic (exact) mass is 237 g/mol. The topological polar surface area (TPSA) is 29.1 Å². The fourth-order valence-corrected chi connectivity index (χ4v) is 0.483. The SMILES string of the molecule is C=C(Cl)CNC(=O)C(F)(F)C(F)(F)F. The van der Waals surface area contributed by atoms with Gasteiger partial charge >= 0.3 is 18.0 Å². The van der Waals surface area contributed by atoms with E-state index in [1.165, 1.54) is 5.32 Å². The molecule has 82 valence electrons. The fourth-order valence-electron chi connectivity index (χ4n) is 0.416. The van der Waals surface area contributed by atoms with Gasteiger partial charge in [0.05, 0.1) is 6.54 Å². The highest BCUT2D eigenvalue weighted by molar-refractivity contribution is 6.29. The molecule has 0 saturated heterocycles. The van der Waals surface area contributed by atoms with Gasteiger partial charge in [-0.05, 0) is 0 Å². The third kappa shape index (κ3) is 3.13. The fraction of sp³-hybridized carbons (Fsp3) is 0.500. The Hall–Kier alpha value is -0.850. The molecule has 0 aromatic carbocycles. The Balaban J connectivity index is 4.45. The Morgan fingerprint density at radius 1 is 1.29 bits per heavy atom. The summed E-state index contributed by atoms with van der Waals surface area (Å²) in [5.74, 6) is -7.87. The molecule has 1 N–H and O–H groups in total. The quantitative estimate of drug-likeness (QED) is 0.748. The van der Waals surface area contributed by atoms with E-state index in [9.17, 15) is 26.7 Å². The maximum absolute atomic E-state index is 12.2. The molecule has 0 aliphatic rings. The minimum Gasteiger partial charge on any atom is -0.346 e. The van der Waals surface area contributed by atoms with Crippen molar-refractivity contribution in [3.63, 3.8) is 0 Å². The molecule has 0 spiro atoms. The van der Waals surface area contributed by atoms with Gasteiger partial charge in [0.25, 0.3) is 0 Å². The highest BCUT2D eigenvalue weighted by Crippen LogP contribution is 2.35. The molecule has 0 unspecified atom stereocenters. The molecular formula is C6H5ClF5NO. The molecule has 0 fully saturated rings. The molecule has 0 heterocycles. The van der Waals surface area contributed by atoms with Crippen LogP contribution in [0.2, 0.25) is 0 Å². The number of amides is 1. The Bertz CT molecular complexity index is 249. The van der Waals surface area contributed by atoms with Crippen LogP contribution in [0.25, 0.3) is 0 Å². The van der Waals surface area contributed by atoms with Crippen molar-refractivity contribution in [1.29, 1.82) is 0 Å². The average molecular weight is 238 g/mol. The number of hydrogen-bond acceptors (Lipinski definition) is 1. The summed E-state index contributed by atoms with van der Waals surface area (Å²) in [6, 6.07) is 0. The normalized spacial score (nSPS) is 12.4. The van der Waals surface area contributed by atoms with Crippen LogP contribution in [0.1, 0.15) is 0 Å². The number of alkyl halides is 5. The number of carbonyl (C=O) groups is 1. The third-order valence-corrected chi connectivity index (χ3v) is 1.22. The summed E-state index contributed by atoms with van der Waals surface area (Å²) in [5, 5.41) is 1.04. The van der Waals surface area contributed by atoms with Gasteiger partial charge < -0.3 is 5.32 Å². The van der Waals surface area contributed by atoms with E-state index in [0.717, 1.165) is 0 Å². The molecule has 0 rings (SSSR count). The second-order valence-corrected chi connectivity index (χ2v) is 2.81.